The first kappa shape index (κ1) is 16.7. The molecule has 0 amide bonds. The van der Waals surface area contributed by atoms with Crippen LogP contribution < -0.4 is 5.73 Å². The molecule has 1 aromatic carbocycles. The van der Waals surface area contributed by atoms with Gasteiger partial charge in [0, 0.05) is 6.54 Å². The molecule has 20 heavy (non-hydrogen) atoms. The van der Waals surface area contributed by atoms with Gasteiger partial charge < -0.3 is 15.4 Å². The van der Waals surface area contributed by atoms with Gasteiger partial charge in [0.05, 0.1) is 7.11 Å². The highest BCUT2D eigenvalue weighted by Gasteiger charge is 2.36. The van der Waals surface area contributed by atoms with Crippen molar-refractivity contribution < 1.29 is 9.53 Å². The average Bonchev–Trinajstić information content (AvgIpc) is 2.50. The van der Waals surface area contributed by atoms with Crippen LogP contribution in [-0.4, -0.2) is 38.1 Å². The summed E-state index contributed by atoms with van der Waals surface area (Å²) in [6.45, 7) is 3.95. The lowest BCUT2D eigenvalue weighted by Gasteiger charge is -2.29. The minimum absolute atomic E-state index is 0.382. The third kappa shape index (κ3) is 4.32. The Bertz CT molecular complexity index is 408. The fourth-order valence-corrected chi connectivity index (χ4v) is 2.19. The molecular formula is C16H26N2O2. The second kappa shape index (κ2) is 8.02. The van der Waals surface area contributed by atoms with E-state index in [1.54, 1.807) is 0 Å². The van der Waals surface area contributed by atoms with E-state index in [2.05, 4.69) is 18.9 Å². The number of nitrogens with two attached hydrogens (primary N) is 1. The molecule has 4 nitrogen and oxygen atoms in total. The first-order valence-electron chi connectivity index (χ1n) is 7.16. The number of rotatable bonds is 8. The summed E-state index contributed by atoms with van der Waals surface area (Å²) in [4.78, 5) is 14.3. The highest BCUT2D eigenvalue weighted by atomic mass is 16.5. The van der Waals surface area contributed by atoms with Crippen molar-refractivity contribution in [2.75, 3.05) is 27.2 Å². The van der Waals surface area contributed by atoms with Gasteiger partial charge >= 0.3 is 5.97 Å². The zero-order valence-corrected chi connectivity index (χ0v) is 12.8. The number of hydrogen-bond acceptors (Lipinski definition) is 4. The molecule has 0 saturated heterocycles. The van der Waals surface area contributed by atoms with Gasteiger partial charge in [-0.1, -0.05) is 43.7 Å². The molecule has 0 spiro atoms. The maximum atomic E-state index is 12.1. The number of carbonyl (C=O) groups is 1. The van der Waals surface area contributed by atoms with E-state index in [9.17, 15) is 4.79 Å². The summed E-state index contributed by atoms with van der Waals surface area (Å²) in [5.74, 6) is -0.382. The van der Waals surface area contributed by atoms with Crippen molar-refractivity contribution in [3.05, 3.63) is 35.9 Å². The summed E-state index contributed by atoms with van der Waals surface area (Å²) in [5.41, 5.74) is 6.08. The van der Waals surface area contributed by atoms with E-state index >= 15 is 0 Å². The number of methoxy groups -OCH3 is 1. The van der Waals surface area contributed by atoms with Crippen LogP contribution in [0.2, 0.25) is 0 Å². The predicted octanol–water partition coefficient (Wildman–Crippen LogP) is 2.14. The molecule has 0 aliphatic heterocycles. The van der Waals surface area contributed by atoms with Crippen LogP contribution in [0.3, 0.4) is 0 Å². The van der Waals surface area contributed by atoms with Crippen LogP contribution in [0.15, 0.2) is 30.3 Å². The number of nitrogens with zero attached hydrogens (tertiary/aromatic N) is 1. The molecule has 1 unspecified atom stereocenters. The summed E-state index contributed by atoms with van der Waals surface area (Å²) in [6.07, 6.45) is 2.86. The lowest BCUT2D eigenvalue weighted by atomic mass is 9.87. The Morgan fingerprint density at radius 1 is 1.30 bits per heavy atom. The van der Waals surface area contributed by atoms with Gasteiger partial charge in [0.1, 0.15) is 5.54 Å². The molecule has 0 saturated carbocycles. The van der Waals surface area contributed by atoms with Gasteiger partial charge in [0.25, 0.3) is 0 Å². The standard InChI is InChI=1S/C16H26N2O2/c1-4-5-12-18(2)13-11-16(17,15(19)20-3)14-9-7-6-8-10-14/h6-10H,4-5,11-13,17H2,1-3H3. The first-order valence-corrected chi connectivity index (χ1v) is 7.16. The number of esters is 1. The first-order chi connectivity index (χ1) is 9.54. The van der Waals surface area contributed by atoms with Crippen molar-refractivity contribution in [1.82, 2.24) is 4.90 Å². The lowest BCUT2D eigenvalue weighted by Crippen LogP contribution is -2.47. The molecule has 0 heterocycles. The smallest absolute Gasteiger partial charge is 0.330 e. The summed E-state index contributed by atoms with van der Waals surface area (Å²) in [7, 11) is 3.44. The van der Waals surface area contributed by atoms with E-state index in [0.29, 0.717) is 6.42 Å². The molecule has 1 rings (SSSR count). The molecule has 0 aliphatic rings. The van der Waals surface area contributed by atoms with E-state index in [4.69, 9.17) is 10.5 Å². The number of ether oxygens (including phenoxy) is 1. The van der Waals surface area contributed by atoms with Crippen LogP contribution in [-0.2, 0) is 15.1 Å². The van der Waals surface area contributed by atoms with Crippen molar-refractivity contribution >= 4 is 5.97 Å². The van der Waals surface area contributed by atoms with E-state index in [1.165, 1.54) is 7.11 Å². The third-order valence-electron chi connectivity index (χ3n) is 3.62. The molecular weight excluding hydrogens is 252 g/mol. The molecule has 0 aliphatic carbocycles. The van der Waals surface area contributed by atoms with Gasteiger partial charge in [0.2, 0.25) is 0 Å². The molecule has 0 bridgehead atoms. The van der Waals surface area contributed by atoms with E-state index in [-0.39, 0.29) is 5.97 Å². The highest BCUT2D eigenvalue weighted by molar-refractivity contribution is 5.82. The Hall–Kier alpha value is -1.39. The van der Waals surface area contributed by atoms with Crippen molar-refractivity contribution in [3.8, 4) is 0 Å². The van der Waals surface area contributed by atoms with Gasteiger partial charge in [-0.25, -0.2) is 4.79 Å². The van der Waals surface area contributed by atoms with Crippen LogP contribution >= 0.6 is 0 Å². The van der Waals surface area contributed by atoms with E-state index < -0.39 is 5.54 Å². The Labute approximate surface area is 121 Å². The largest absolute Gasteiger partial charge is 0.467 e. The minimum atomic E-state index is -1.07. The quantitative estimate of drug-likeness (QED) is 0.740. The van der Waals surface area contributed by atoms with Crippen LogP contribution in [0.1, 0.15) is 31.7 Å². The van der Waals surface area contributed by atoms with Gasteiger partial charge in [-0.05, 0) is 32.0 Å². The third-order valence-corrected chi connectivity index (χ3v) is 3.62. The van der Waals surface area contributed by atoms with Crippen LogP contribution in [0.25, 0.3) is 0 Å². The number of unbranched alkanes of at least 4 members (excludes halogenated alkanes) is 1. The summed E-state index contributed by atoms with van der Waals surface area (Å²) < 4.78 is 4.90. The number of benzene rings is 1. The number of hydrogen-bond donors (Lipinski definition) is 1. The van der Waals surface area contributed by atoms with Crippen molar-refractivity contribution in [2.24, 2.45) is 5.73 Å². The molecule has 0 radical (unpaired) electrons. The van der Waals surface area contributed by atoms with Gasteiger partial charge in [-0.2, -0.15) is 0 Å². The van der Waals surface area contributed by atoms with Crippen molar-refractivity contribution in [2.45, 2.75) is 31.7 Å². The predicted molar refractivity (Wildman–Crippen MR) is 81.3 cm³/mol. The lowest BCUT2D eigenvalue weighted by molar-refractivity contribution is -0.148. The van der Waals surface area contributed by atoms with E-state index in [0.717, 1.165) is 31.5 Å². The zero-order chi connectivity index (χ0) is 15.0. The Morgan fingerprint density at radius 2 is 1.95 bits per heavy atom. The van der Waals surface area contributed by atoms with Crippen LogP contribution in [0.4, 0.5) is 0 Å². The zero-order valence-electron chi connectivity index (χ0n) is 12.8. The van der Waals surface area contributed by atoms with Gasteiger partial charge in [0.15, 0.2) is 0 Å². The molecule has 4 heteroatoms. The average molecular weight is 278 g/mol. The normalized spacial score (nSPS) is 14.1. The van der Waals surface area contributed by atoms with Gasteiger partial charge in [-0.3, -0.25) is 0 Å². The molecule has 2 N–H and O–H groups in total. The maximum absolute atomic E-state index is 12.1. The van der Waals surface area contributed by atoms with Crippen LogP contribution in [0.5, 0.6) is 0 Å². The number of carbonyl (C=O) groups excluding carboxylic acids is 1. The Morgan fingerprint density at radius 3 is 2.50 bits per heavy atom. The van der Waals surface area contributed by atoms with Crippen molar-refractivity contribution in [3.63, 3.8) is 0 Å². The Balaban J connectivity index is 2.78. The maximum Gasteiger partial charge on any atom is 0.330 e. The monoisotopic (exact) mass is 278 g/mol. The molecule has 0 fully saturated rings. The van der Waals surface area contributed by atoms with E-state index in [1.807, 2.05) is 30.3 Å². The fourth-order valence-electron chi connectivity index (χ4n) is 2.19. The molecule has 1 aromatic rings. The van der Waals surface area contributed by atoms with Crippen LogP contribution in [0, 0.1) is 0 Å². The highest BCUT2D eigenvalue weighted by Crippen LogP contribution is 2.24. The summed E-state index contributed by atoms with van der Waals surface area (Å²) >= 11 is 0. The molecule has 112 valence electrons. The van der Waals surface area contributed by atoms with Crippen molar-refractivity contribution in [1.29, 1.82) is 0 Å². The minimum Gasteiger partial charge on any atom is -0.467 e. The topological polar surface area (TPSA) is 55.6 Å². The Kier molecular flexibility index (Phi) is 6.68. The second-order valence-corrected chi connectivity index (χ2v) is 5.24. The summed E-state index contributed by atoms with van der Waals surface area (Å²) in [5, 5.41) is 0. The summed E-state index contributed by atoms with van der Waals surface area (Å²) in [6, 6.07) is 9.45. The molecule has 1 atom stereocenters. The second-order valence-electron chi connectivity index (χ2n) is 5.24. The molecule has 0 aromatic heterocycles. The van der Waals surface area contributed by atoms with Gasteiger partial charge in [-0.15, -0.1) is 0 Å². The SMILES string of the molecule is CCCCN(C)CCC(N)(C(=O)OC)c1ccccc1. The fraction of sp³-hybridized carbons (Fsp3) is 0.562.